The zero-order chi connectivity index (χ0) is 20.9. The second kappa shape index (κ2) is 9.70. The van der Waals surface area contributed by atoms with Crippen LogP contribution >= 0.6 is 23.1 Å². The summed E-state index contributed by atoms with van der Waals surface area (Å²) >= 11 is 2.37. The molecule has 29 heavy (non-hydrogen) atoms. The number of nitrogens with one attached hydrogen (secondary N) is 1. The van der Waals surface area contributed by atoms with Crippen LogP contribution in [0.15, 0.2) is 39.7 Å². The van der Waals surface area contributed by atoms with Crippen molar-refractivity contribution < 1.29 is 22.7 Å². The fraction of sp³-hybridized carbons (Fsp3) is 0.389. The van der Waals surface area contributed by atoms with E-state index in [1.54, 1.807) is 17.5 Å². The fourth-order valence-electron chi connectivity index (χ4n) is 2.84. The topological polar surface area (TPSA) is 106 Å². The number of carbonyl (C=O) groups excluding carboxylic acids is 2. The third-order valence-electron chi connectivity index (χ3n) is 4.32. The average Bonchev–Trinajstić information content (AvgIpc) is 3.20. The van der Waals surface area contributed by atoms with Crippen LogP contribution in [0.1, 0.15) is 28.9 Å². The predicted octanol–water partition coefficient (Wildman–Crippen LogP) is 2.84. The van der Waals surface area contributed by atoms with Gasteiger partial charge in [-0.1, -0.05) is 18.2 Å². The summed E-state index contributed by atoms with van der Waals surface area (Å²) in [6, 6.07) is 4.75. The average molecular weight is 456 g/mol. The quantitative estimate of drug-likeness (QED) is 0.505. The van der Waals surface area contributed by atoms with E-state index in [1.807, 2.05) is 0 Å². The molecular formula is C18H21N3O5S3. The lowest BCUT2D eigenvalue weighted by molar-refractivity contribution is -0.113. The van der Waals surface area contributed by atoms with E-state index in [0.717, 1.165) is 19.3 Å². The number of thioether (sulfide) groups is 1. The summed E-state index contributed by atoms with van der Waals surface area (Å²) in [4.78, 5) is 28.5. The number of nitrogens with zero attached hydrogens (tertiary/aromatic N) is 2. The van der Waals surface area contributed by atoms with Gasteiger partial charge in [0.25, 0.3) is 0 Å². The van der Waals surface area contributed by atoms with Gasteiger partial charge in [-0.25, -0.2) is 18.2 Å². The molecule has 0 saturated carbocycles. The number of hydrogen-bond donors (Lipinski definition) is 1. The monoisotopic (exact) mass is 455 g/mol. The molecule has 2 aromatic heterocycles. The van der Waals surface area contributed by atoms with Crippen LogP contribution in [0.2, 0.25) is 0 Å². The molecule has 156 valence electrons. The Hall–Kier alpha value is -1.95. The van der Waals surface area contributed by atoms with Crippen molar-refractivity contribution in [2.24, 2.45) is 0 Å². The van der Waals surface area contributed by atoms with Crippen LogP contribution in [0, 0.1) is 0 Å². The van der Waals surface area contributed by atoms with Crippen molar-refractivity contribution in [2.75, 3.05) is 31.3 Å². The number of aromatic nitrogens is 1. The van der Waals surface area contributed by atoms with Gasteiger partial charge in [0.15, 0.2) is 0 Å². The molecule has 0 spiro atoms. The van der Waals surface area contributed by atoms with Crippen molar-refractivity contribution in [3.8, 4) is 0 Å². The molecule has 0 radical (unpaired) electrons. The van der Waals surface area contributed by atoms with Gasteiger partial charge in [-0.2, -0.15) is 4.31 Å². The highest BCUT2D eigenvalue weighted by atomic mass is 32.2. The van der Waals surface area contributed by atoms with Crippen molar-refractivity contribution >= 4 is 50.7 Å². The number of thiophene rings is 1. The van der Waals surface area contributed by atoms with Crippen molar-refractivity contribution in [2.45, 2.75) is 29.2 Å². The maximum atomic E-state index is 12.6. The van der Waals surface area contributed by atoms with Crippen molar-refractivity contribution in [3.63, 3.8) is 0 Å². The van der Waals surface area contributed by atoms with Crippen molar-refractivity contribution in [1.29, 1.82) is 0 Å². The van der Waals surface area contributed by atoms with Crippen molar-refractivity contribution in [3.05, 3.63) is 34.7 Å². The Morgan fingerprint density at radius 1 is 1.24 bits per heavy atom. The Morgan fingerprint density at radius 2 is 2.00 bits per heavy atom. The van der Waals surface area contributed by atoms with Gasteiger partial charge < -0.3 is 10.1 Å². The summed E-state index contributed by atoms with van der Waals surface area (Å²) < 4.78 is 31.4. The van der Waals surface area contributed by atoms with E-state index < -0.39 is 16.0 Å². The summed E-state index contributed by atoms with van der Waals surface area (Å²) in [5.74, 6) is -0.734. The summed E-state index contributed by atoms with van der Waals surface area (Å²) in [5, 5.41) is 4.90. The second-order valence-electron chi connectivity index (χ2n) is 6.29. The smallest absolute Gasteiger partial charge is 0.350 e. The lowest BCUT2D eigenvalue weighted by Gasteiger charge is -2.25. The lowest BCUT2D eigenvalue weighted by Crippen LogP contribution is -2.35. The summed E-state index contributed by atoms with van der Waals surface area (Å²) in [6.45, 7) is 1.07. The molecule has 3 rings (SSSR count). The highest BCUT2D eigenvalue weighted by Crippen LogP contribution is 2.25. The Bertz CT molecular complexity index is 967. The molecule has 8 nitrogen and oxygen atoms in total. The maximum Gasteiger partial charge on any atom is 0.350 e. The van der Waals surface area contributed by atoms with E-state index >= 15 is 0 Å². The molecule has 1 aliphatic heterocycles. The molecule has 1 amide bonds. The Kier molecular flexibility index (Phi) is 7.28. The molecule has 1 aliphatic rings. The number of pyridine rings is 1. The van der Waals surface area contributed by atoms with Gasteiger partial charge in [-0.05, 0) is 36.4 Å². The maximum absolute atomic E-state index is 12.6. The van der Waals surface area contributed by atoms with Crippen LogP contribution in [0.25, 0.3) is 0 Å². The molecular weight excluding hydrogens is 434 g/mol. The van der Waals surface area contributed by atoms with E-state index in [2.05, 4.69) is 15.0 Å². The van der Waals surface area contributed by atoms with E-state index in [9.17, 15) is 18.0 Å². The zero-order valence-corrected chi connectivity index (χ0v) is 18.2. The SMILES string of the molecule is COC(=O)c1sccc1NC(=O)CSc1ccc(S(=O)(=O)N2CCCCC2)cn1. The minimum atomic E-state index is -3.52. The van der Waals surface area contributed by atoms with Gasteiger partial charge in [-0.15, -0.1) is 11.3 Å². The van der Waals surface area contributed by atoms with Crippen LogP contribution in [0.5, 0.6) is 0 Å². The highest BCUT2D eigenvalue weighted by Gasteiger charge is 2.26. The number of piperidine rings is 1. The Morgan fingerprint density at radius 3 is 2.66 bits per heavy atom. The van der Waals surface area contributed by atoms with E-state index in [1.165, 1.54) is 46.8 Å². The summed E-state index contributed by atoms with van der Waals surface area (Å²) in [7, 11) is -2.24. The molecule has 0 atom stereocenters. The number of amides is 1. The van der Waals surface area contributed by atoms with E-state index in [0.29, 0.717) is 28.7 Å². The third kappa shape index (κ3) is 5.35. The van der Waals surface area contributed by atoms with E-state index in [4.69, 9.17) is 0 Å². The van der Waals surface area contributed by atoms with Gasteiger partial charge in [-0.3, -0.25) is 4.79 Å². The first-order chi connectivity index (χ1) is 13.9. The number of hydrogen-bond acceptors (Lipinski definition) is 8. The lowest BCUT2D eigenvalue weighted by atomic mass is 10.2. The third-order valence-corrected chi connectivity index (χ3v) is 8.04. The Balaban J connectivity index is 1.57. The van der Waals surface area contributed by atoms with Crippen LogP contribution < -0.4 is 5.32 Å². The van der Waals surface area contributed by atoms with Crippen LogP contribution in [0.4, 0.5) is 5.69 Å². The fourth-order valence-corrected chi connectivity index (χ4v) is 5.71. The minimum Gasteiger partial charge on any atom is -0.465 e. The summed E-state index contributed by atoms with van der Waals surface area (Å²) in [5.41, 5.74) is 0.406. The number of esters is 1. The molecule has 3 heterocycles. The number of methoxy groups -OCH3 is 1. The predicted molar refractivity (Wildman–Crippen MR) is 112 cm³/mol. The first-order valence-electron chi connectivity index (χ1n) is 8.96. The molecule has 11 heteroatoms. The van der Waals surface area contributed by atoms with Crippen LogP contribution in [-0.4, -0.2) is 55.5 Å². The highest BCUT2D eigenvalue weighted by molar-refractivity contribution is 7.99. The molecule has 0 aromatic carbocycles. The molecule has 0 aliphatic carbocycles. The van der Waals surface area contributed by atoms with Gasteiger partial charge in [0.05, 0.1) is 23.6 Å². The summed E-state index contributed by atoms with van der Waals surface area (Å²) in [6.07, 6.45) is 4.13. The zero-order valence-electron chi connectivity index (χ0n) is 15.8. The van der Waals surface area contributed by atoms with Crippen LogP contribution in [-0.2, 0) is 19.6 Å². The number of anilines is 1. The van der Waals surface area contributed by atoms with Crippen molar-refractivity contribution in [1.82, 2.24) is 9.29 Å². The number of rotatable bonds is 7. The number of ether oxygens (including phenoxy) is 1. The van der Waals surface area contributed by atoms with Gasteiger partial charge >= 0.3 is 5.97 Å². The second-order valence-corrected chi connectivity index (χ2v) is 10.1. The van der Waals surface area contributed by atoms with Gasteiger partial charge in [0.1, 0.15) is 9.77 Å². The first kappa shape index (κ1) is 21.8. The minimum absolute atomic E-state index is 0.0711. The van der Waals surface area contributed by atoms with Crippen LogP contribution in [0.3, 0.4) is 0 Å². The molecule has 1 fully saturated rings. The first-order valence-corrected chi connectivity index (χ1v) is 12.3. The molecule has 1 saturated heterocycles. The molecule has 0 unspecified atom stereocenters. The van der Waals surface area contributed by atoms with Gasteiger partial charge in [0, 0.05) is 19.3 Å². The molecule has 1 N–H and O–H groups in total. The standard InChI is InChI=1S/C18H21N3O5S3/c1-26-18(23)17-14(7-10-27-17)20-15(22)12-28-16-6-5-13(11-19-16)29(24,25)21-8-3-2-4-9-21/h5-7,10-11H,2-4,8-9,12H2,1H3,(H,20,22). The molecule has 2 aromatic rings. The van der Waals surface area contributed by atoms with E-state index in [-0.39, 0.29) is 16.6 Å². The number of sulfonamides is 1. The molecule has 0 bridgehead atoms. The normalized spacial score (nSPS) is 15.1. The van der Waals surface area contributed by atoms with Gasteiger partial charge in [0.2, 0.25) is 15.9 Å². The number of carbonyl (C=O) groups is 2. The Labute approximate surface area is 177 Å². The largest absolute Gasteiger partial charge is 0.465 e.